The molecule has 22 heavy (non-hydrogen) atoms. The molecule has 0 bridgehead atoms. The Morgan fingerprint density at radius 1 is 1.09 bits per heavy atom. The quantitative estimate of drug-likeness (QED) is 0.858. The molecule has 0 aromatic heterocycles. The first-order chi connectivity index (χ1) is 9.90. The number of hydrogen-bond donors (Lipinski definition) is 1. The molecule has 0 saturated heterocycles. The van der Waals surface area contributed by atoms with Crippen molar-refractivity contribution in [1.29, 1.82) is 0 Å². The van der Waals surface area contributed by atoms with Gasteiger partial charge in [-0.2, -0.15) is 0 Å². The standard InChI is InChI=1S/C17H27NO3S/c1-12(18-22(20)17(5,6)7)13-8-10-14(11-9-13)15(19)21-16(2,3)4/h8-12,18H,1-7H3/t12-,22+/m0/s1. The molecule has 1 aromatic rings. The molecule has 1 aromatic carbocycles. The van der Waals surface area contributed by atoms with Crippen LogP contribution in [0.2, 0.25) is 0 Å². The Hall–Kier alpha value is -1.20. The minimum atomic E-state index is -1.14. The van der Waals surface area contributed by atoms with Gasteiger partial charge in [0, 0.05) is 6.04 Å². The highest BCUT2D eigenvalue weighted by Gasteiger charge is 2.22. The molecule has 0 radical (unpaired) electrons. The minimum Gasteiger partial charge on any atom is -0.456 e. The summed E-state index contributed by atoms with van der Waals surface area (Å²) in [5.74, 6) is -0.335. The topological polar surface area (TPSA) is 55.4 Å². The number of nitrogens with one attached hydrogen (secondary N) is 1. The molecule has 0 spiro atoms. The van der Waals surface area contributed by atoms with Gasteiger partial charge in [-0.15, -0.1) is 0 Å². The zero-order chi connectivity index (χ0) is 17.1. The third-order valence-electron chi connectivity index (χ3n) is 2.89. The van der Waals surface area contributed by atoms with Gasteiger partial charge in [-0.3, -0.25) is 0 Å². The summed E-state index contributed by atoms with van der Waals surface area (Å²) >= 11 is 0. The van der Waals surface area contributed by atoms with Gasteiger partial charge >= 0.3 is 5.97 Å². The Kier molecular flexibility index (Phi) is 5.93. The molecule has 1 rings (SSSR count). The van der Waals surface area contributed by atoms with E-state index in [1.54, 1.807) is 12.1 Å². The number of ether oxygens (including phenoxy) is 1. The van der Waals surface area contributed by atoms with Crippen molar-refractivity contribution in [2.24, 2.45) is 0 Å². The van der Waals surface area contributed by atoms with Crippen LogP contribution in [0.1, 0.15) is 70.4 Å². The number of carbonyl (C=O) groups is 1. The van der Waals surface area contributed by atoms with Crippen molar-refractivity contribution in [3.05, 3.63) is 35.4 Å². The van der Waals surface area contributed by atoms with E-state index in [0.29, 0.717) is 5.56 Å². The lowest BCUT2D eigenvalue weighted by Gasteiger charge is -2.22. The summed E-state index contributed by atoms with van der Waals surface area (Å²) in [6.07, 6.45) is 0. The molecular weight excluding hydrogens is 298 g/mol. The van der Waals surface area contributed by atoms with E-state index in [4.69, 9.17) is 4.74 Å². The third-order valence-corrected chi connectivity index (χ3v) is 4.57. The van der Waals surface area contributed by atoms with Crippen LogP contribution in [0.3, 0.4) is 0 Å². The molecule has 0 aliphatic rings. The van der Waals surface area contributed by atoms with E-state index in [9.17, 15) is 9.00 Å². The van der Waals surface area contributed by atoms with E-state index in [2.05, 4.69) is 4.72 Å². The lowest BCUT2D eigenvalue weighted by molar-refractivity contribution is 0.00695. The van der Waals surface area contributed by atoms with Gasteiger partial charge in [-0.1, -0.05) is 12.1 Å². The van der Waals surface area contributed by atoms with Crippen LogP contribution in [0.5, 0.6) is 0 Å². The SMILES string of the molecule is C[C@H](N[S@](=O)C(C)(C)C)c1ccc(C(=O)OC(C)(C)C)cc1. The van der Waals surface area contributed by atoms with Crippen LogP contribution in [-0.4, -0.2) is 20.5 Å². The molecular formula is C17H27NO3S. The summed E-state index contributed by atoms with van der Waals surface area (Å²) in [6, 6.07) is 7.13. The van der Waals surface area contributed by atoms with Crippen molar-refractivity contribution < 1.29 is 13.7 Å². The fourth-order valence-corrected chi connectivity index (χ4v) is 2.46. The maximum absolute atomic E-state index is 12.1. The smallest absolute Gasteiger partial charge is 0.338 e. The molecule has 0 saturated carbocycles. The molecule has 0 unspecified atom stereocenters. The van der Waals surface area contributed by atoms with Crippen LogP contribution in [0.25, 0.3) is 0 Å². The van der Waals surface area contributed by atoms with Crippen molar-refractivity contribution >= 4 is 17.0 Å². The van der Waals surface area contributed by atoms with E-state index in [0.717, 1.165) is 5.56 Å². The Balaban J connectivity index is 2.76. The molecule has 0 aliphatic heterocycles. The molecule has 124 valence electrons. The number of benzene rings is 1. The minimum absolute atomic E-state index is 0.0623. The van der Waals surface area contributed by atoms with Crippen LogP contribution in [0.4, 0.5) is 0 Å². The largest absolute Gasteiger partial charge is 0.456 e. The summed E-state index contributed by atoms with van der Waals surface area (Å²) in [7, 11) is -1.14. The van der Waals surface area contributed by atoms with Gasteiger partial charge in [0.1, 0.15) is 5.60 Å². The monoisotopic (exact) mass is 325 g/mol. The second kappa shape index (κ2) is 6.92. The number of carbonyl (C=O) groups excluding carboxylic acids is 1. The summed E-state index contributed by atoms with van der Waals surface area (Å²) in [4.78, 5) is 12.0. The Morgan fingerprint density at radius 3 is 2.00 bits per heavy atom. The summed E-state index contributed by atoms with van der Waals surface area (Å²) < 4.78 is 20.2. The van der Waals surface area contributed by atoms with E-state index in [-0.39, 0.29) is 16.8 Å². The van der Waals surface area contributed by atoms with Crippen LogP contribution < -0.4 is 4.72 Å². The highest BCUT2D eigenvalue weighted by molar-refractivity contribution is 7.84. The first-order valence-electron chi connectivity index (χ1n) is 7.41. The van der Waals surface area contributed by atoms with Crippen LogP contribution in [0, 0.1) is 0 Å². The molecule has 2 atom stereocenters. The van der Waals surface area contributed by atoms with Crippen molar-refractivity contribution in [1.82, 2.24) is 4.72 Å². The second-order valence-corrected chi connectivity index (χ2v) is 9.34. The second-order valence-electron chi connectivity index (χ2n) is 7.34. The van der Waals surface area contributed by atoms with Gasteiger partial charge in [-0.25, -0.2) is 13.7 Å². The van der Waals surface area contributed by atoms with Crippen molar-refractivity contribution in [2.75, 3.05) is 0 Å². The molecule has 5 heteroatoms. The highest BCUT2D eigenvalue weighted by Crippen LogP contribution is 2.19. The molecule has 1 N–H and O–H groups in total. The van der Waals surface area contributed by atoms with E-state index in [1.165, 1.54) is 0 Å². The number of hydrogen-bond acceptors (Lipinski definition) is 3. The fourth-order valence-electron chi connectivity index (χ4n) is 1.65. The number of esters is 1. The van der Waals surface area contributed by atoms with Gasteiger partial charge in [0.15, 0.2) is 0 Å². The lowest BCUT2D eigenvalue weighted by Crippen LogP contribution is -2.34. The fraction of sp³-hybridized carbons (Fsp3) is 0.588. The third kappa shape index (κ3) is 5.89. The normalized spacial score (nSPS) is 15.2. The van der Waals surface area contributed by atoms with Gasteiger partial charge in [0.25, 0.3) is 0 Å². The maximum atomic E-state index is 12.1. The average Bonchev–Trinajstić information content (AvgIpc) is 2.35. The highest BCUT2D eigenvalue weighted by atomic mass is 32.2. The lowest BCUT2D eigenvalue weighted by atomic mass is 10.1. The summed E-state index contributed by atoms with van der Waals surface area (Å²) in [5.41, 5.74) is 0.988. The van der Waals surface area contributed by atoms with Gasteiger partial charge in [0.05, 0.1) is 21.3 Å². The van der Waals surface area contributed by atoms with Gasteiger partial charge in [0.2, 0.25) is 0 Å². The summed E-state index contributed by atoms with van der Waals surface area (Å²) in [5, 5.41) is 0. The Labute approximate surface area is 136 Å². The van der Waals surface area contributed by atoms with Crippen LogP contribution >= 0.6 is 0 Å². The molecule has 0 aliphatic carbocycles. The van der Waals surface area contributed by atoms with E-state index in [1.807, 2.05) is 60.6 Å². The van der Waals surface area contributed by atoms with Gasteiger partial charge < -0.3 is 4.74 Å². The summed E-state index contributed by atoms with van der Waals surface area (Å²) in [6.45, 7) is 13.2. The van der Waals surface area contributed by atoms with Crippen molar-refractivity contribution in [3.63, 3.8) is 0 Å². The van der Waals surface area contributed by atoms with Crippen LogP contribution in [-0.2, 0) is 15.7 Å². The van der Waals surface area contributed by atoms with Crippen molar-refractivity contribution in [3.8, 4) is 0 Å². The molecule has 0 fully saturated rings. The van der Waals surface area contributed by atoms with Gasteiger partial charge in [-0.05, 0) is 66.2 Å². The average molecular weight is 325 g/mol. The maximum Gasteiger partial charge on any atom is 0.338 e. The zero-order valence-corrected chi connectivity index (χ0v) is 15.3. The predicted molar refractivity (Wildman–Crippen MR) is 91.1 cm³/mol. The van der Waals surface area contributed by atoms with E-state index < -0.39 is 16.6 Å². The molecule has 0 heterocycles. The van der Waals surface area contributed by atoms with E-state index >= 15 is 0 Å². The Morgan fingerprint density at radius 2 is 1.59 bits per heavy atom. The van der Waals surface area contributed by atoms with Crippen molar-refractivity contribution in [2.45, 2.75) is 64.9 Å². The molecule has 4 nitrogen and oxygen atoms in total. The first-order valence-corrected chi connectivity index (χ1v) is 8.56. The van der Waals surface area contributed by atoms with Crippen LogP contribution in [0.15, 0.2) is 24.3 Å². The number of rotatable bonds is 4. The predicted octanol–water partition coefficient (Wildman–Crippen LogP) is 3.75. The molecule has 0 amide bonds. The zero-order valence-electron chi connectivity index (χ0n) is 14.5. The Bertz CT molecular complexity index is 539. The first kappa shape index (κ1) is 18.8.